The van der Waals surface area contributed by atoms with Crippen LogP contribution in [-0.2, 0) is 6.54 Å². The number of aromatic nitrogens is 1. The third-order valence-electron chi connectivity index (χ3n) is 5.49. The first kappa shape index (κ1) is 19.9. The van der Waals surface area contributed by atoms with Crippen LogP contribution >= 0.6 is 0 Å². The quantitative estimate of drug-likeness (QED) is 0.493. The van der Waals surface area contributed by atoms with Crippen molar-refractivity contribution < 1.29 is 19.0 Å². The minimum absolute atomic E-state index is 0.172. The van der Waals surface area contributed by atoms with Gasteiger partial charge in [0.05, 0.1) is 18.3 Å². The molecule has 1 aliphatic rings. The molecule has 1 aliphatic heterocycles. The summed E-state index contributed by atoms with van der Waals surface area (Å²) in [6.45, 7) is 2.66. The lowest BCUT2D eigenvalue weighted by atomic mass is 10.1. The summed E-state index contributed by atoms with van der Waals surface area (Å²) in [6.07, 6.45) is 0. The van der Waals surface area contributed by atoms with Crippen molar-refractivity contribution in [2.75, 3.05) is 13.9 Å². The van der Waals surface area contributed by atoms with Crippen molar-refractivity contribution in [1.29, 1.82) is 0 Å². The minimum Gasteiger partial charge on any atom is -0.496 e. The Hall–Kier alpha value is -4.06. The summed E-state index contributed by atoms with van der Waals surface area (Å²) in [5, 5.41) is 3.75. The molecular formula is C26H22N2O4. The molecule has 3 aromatic carbocycles. The highest BCUT2D eigenvalue weighted by Gasteiger charge is 2.15. The summed E-state index contributed by atoms with van der Waals surface area (Å²) in [7, 11) is 1.63. The molecule has 2 heterocycles. The maximum atomic E-state index is 12.8. The lowest BCUT2D eigenvalue weighted by Crippen LogP contribution is -2.22. The number of benzene rings is 3. The van der Waals surface area contributed by atoms with Crippen molar-refractivity contribution in [2.24, 2.45) is 0 Å². The molecule has 0 fully saturated rings. The van der Waals surface area contributed by atoms with Crippen LogP contribution in [0.1, 0.15) is 21.5 Å². The summed E-state index contributed by atoms with van der Waals surface area (Å²) in [5.74, 6) is 1.92. The fourth-order valence-electron chi connectivity index (χ4n) is 3.71. The zero-order chi connectivity index (χ0) is 22.1. The van der Waals surface area contributed by atoms with E-state index in [1.165, 1.54) is 5.56 Å². The highest BCUT2D eigenvalue weighted by molar-refractivity contribution is 5.99. The third kappa shape index (κ3) is 3.83. The number of fused-ring (bicyclic) bond motifs is 2. The van der Waals surface area contributed by atoms with Gasteiger partial charge in [-0.05, 0) is 42.8 Å². The summed E-state index contributed by atoms with van der Waals surface area (Å²) in [5.41, 5.74) is 5.28. The number of nitrogens with zero attached hydrogens (tertiary/aromatic N) is 1. The van der Waals surface area contributed by atoms with Gasteiger partial charge in [0, 0.05) is 29.1 Å². The predicted octanol–water partition coefficient (Wildman–Crippen LogP) is 4.88. The number of aryl methyl sites for hydroxylation is 1. The smallest absolute Gasteiger partial charge is 0.251 e. The van der Waals surface area contributed by atoms with Crippen LogP contribution in [0.15, 0.2) is 66.7 Å². The van der Waals surface area contributed by atoms with Gasteiger partial charge >= 0.3 is 0 Å². The summed E-state index contributed by atoms with van der Waals surface area (Å²) in [6, 6.07) is 21.2. The maximum absolute atomic E-state index is 12.8. The molecule has 1 amide bonds. The molecule has 0 saturated carbocycles. The van der Waals surface area contributed by atoms with Crippen molar-refractivity contribution in [3.8, 4) is 28.5 Å². The number of pyridine rings is 1. The van der Waals surface area contributed by atoms with E-state index in [-0.39, 0.29) is 12.7 Å². The summed E-state index contributed by atoms with van der Waals surface area (Å²) < 4.78 is 16.3. The van der Waals surface area contributed by atoms with Gasteiger partial charge in [-0.15, -0.1) is 0 Å². The topological polar surface area (TPSA) is 69.7 Å². The molecule has 0 bridgehead atoms. The van der Waals surface area contributed by atoms with Gasteiger partial charge in [0.2, 0.25) is 6.79 Å². The van der Waals surface area contributed by atoms with Gasteiger partial charge in [-0.1, -0.05) is 35.9 Å². The molecule has 32 heavy (non-hydrogen) atoms. The Kier molecular flexibility index (Phi) is 5.11. The van der Waals surface area contributed by atoms with Crippen LogP contribution in [0.25, 0.3) is 22.2 Å². The van der Waals surface area contributed by atoms with Gasteiger partial charge in [0.15, 0.2) is 11.5 Å². The summed E-state index contributed by atoms with van der Waals surface area (Å²) >= 11 is 0. The number of hydrogen-bond donors (Lipinski definition) is 1. The Labute approximate surface area is 185 Å². The average molecular weight is 426 g/mol. The monoisotopic (exact) mass is 426 g/mol. The fraction of sp³-hybridized carbons (Fsp3) is 0.154. The van der Waals surface area contributed by atoms with E-state index in [1.807, 2.05) is 48.5 Å². The van der Waals surface area contributed by atoms with Crippen LogP contribution in [0, 0.1) is 6.92 Å². The third-order valence-corrected chi connectivity index (χ3v) is 5.49. The fourth-order valence-corrected chi connectivity index (χ4v) is 3.71. The largest absolute Gasteiger partial charge is 0.496 e. The highest BCUT2D eigenvalue weighted by atomic mass is 16.7. The molecule has 4 aromatic rings. The number of carbonyl (C=O) groups excluding carboxylic acids is 1. The number of ether oxygens (including phenoxy) is 3. The highest BCUT2D eigenvalue weighted by Crippen LogP contribution is 2.33. The number of rotatable bonds is 5. The van der Waals surface area contributed by atoms with Crippen LogP contribution < -0.4 is 19.5 Å². The molecular weight excluding hydrogens is 404 g/mol. The molecule has 0 spiro atoms. The molecule has 1 aromatic heterocycles. The Balaban J connectivity index is 1.39. The Morgan fingerprint density at radius 3 is 2.62 bits per heavy atom. The number of methoxy groups -OCH3 is 1. The van der Waals surface area contributed by atoms with Crippen LogP contribution in [0.5, 0.6) is 17.2 Å². The molecule has 160 valence electrons. The van der Waals surface area contributed by atoms with E-state index in [9.17, 15) is 4.79 Å². The van der Waals surface area contributed by atoms with E-state index in [0.717, 1.165) is 33.5 Å². The van der Waals surface area contributed by atoms with Crippen LogP contribution in [0.2, 0.25) is 0 Å². The van der Waals surface area contributed by atoms with Gasteiger partial charge in [-0.2, -0.15) is 0 Å². The minimum atomic E-state index is -0.172. The summed E-state index contributed by atoms with van der Waals surface area (Å²) in [4.78, 5) is 17.6. The normalized spacial score (nSPS) is 12.1. The number of carbonyl (C=O) groups is 1. The number of nitrogens with one attached hydrogen (secondary N) is 1. The second-order valence-corrected chi connectivity index (χ2v) is 7.68. The molecule has 0 unspecified atom stereocenters. The first-order valence-corrected chi connectivity index (χ1v) is 10.3. The molecule has 5 rings (SSSR count). The standard InChI is InChI=1S/C26H22N2O4/c1-16-3-6-18(7-4-16)22-13-24(30-2)20-12-19(8-9-21(20)28-22)26(29)27-14-17-5-10-23-25(11-17)32-15-31-23/h3-13H,14-15H2,1-2H3,(H,27,29). The number of hydrogen-bond acceptors (Lipinski definition) is 5. The predicted molar refractivity (Wildman–Crippen MR) is 122 cm³/mol. The Bertz CT molecular complexity index is 1320. The van der Waals surface area contributed by atoms with E-state index >= 15 is 0 Å². The van der Waals surface area contributed by atoms with E-state index in [0.29, 0.717) is 23.6 Å². The van der Waals surface area contributed by atoms with Gasteiger partial charge in [0.1, 0.15) is 5.75 Å². The average Bonchev–Trinajstić information content (AvgIpc) is 3.30. The Morgan fingerprint density at radius 2 is 1.81 bits per heavy atom. The lowest BCUT2D eigenvalue weighted by Gasteiger charge is -2.11. The van der Waals surface area contributed by atoms with Gasteiger partial charge in [-0.3, -0.25) is 4.79 Å². The van der Waals surface area contributed by atoms with Gasteiger partial charge in [-0.25, -0.2) is 4.98 Å². The maximum Gasteiger partial charge on any atom is 0.251 e. The second-order valence-electron chi connectivity index (χ2n) is 7.68. The van der Waals surface area contributed by atoms with Gasteiger partial charge < -0.3 is 19.5 Å². The molecule has 0 saturated heterocycles. The molecule has 0 atom stereocenters. The van der Waals surface area contributed by atoms with Crippen molar-refractivity contribution in [3.63, 3.8) is 0 Å². The first-order chi connectivity index (χ1) is 15.6. The second kappa shape index (κ2) is 8.23. The first-order valence-electron chi connectivity index (χ1n) is 10.3. The molecule has 0 radical (unpaired) electrons. The molecule has 6 heteroatoms. The van der Waals surface area contributed by atoms with E-state index < -0.39 is 0 Å². The molecule has 1 N–H and O–H groups in total. The van der Waals surface area contributed by atoms with Crippen molar-refractivity contribution in [2.45, 2.75) is 13.5 Å². The van der Waals surface area contributed by atoms with Crippen molar-refractivity contribution in [1.82, 2.24) is 10.3 Å². The lowest BCUT2D eigenvalue weighted by molar-refractivity contribution is 0.0951. The van der Waals surface area contributed by atoms with E-state index in [1.54, 1.807) is 13.2 Å². The Morgan fingerprint density at radius 1 is 1.00 bits per heavy atom. The van der Waals surface area contributed by atoms with Gasteiger partial charge in [0.25, 0.3) is 5.91 Å². The zero-order valence-corrected chi connectivity index (χ0v) is 17.8. The van der Waals surface area contributed by atoms with Crippen LogP contribution in [0.4, 0.5) is 0 Å². The molecule has 6 nitrogen and oxygen atoms in total. The van der Waals surface area contributed by atoms with Crippen molar-refractivity contribution in [3.05, 3.63) is 83.4 Å². The van der Waals surface area contributed by atoms with Crippen LogP contribution in [-0.4, -0.2) is 24.8 Å². The zero-order valence-electron chi connectivity index (χ0n) is 17.8. The molecule has 0 aliphatic carbocycles. The SMILES string of the molecule is COc1cc(-c2ccc(C)cc2)nc2ccc(C(=O)NCc3ccc4c(c3)OCO4)cc12. The van der Waals surface area contributed by atoms with E-state index in [4.69, 9.17) is 19.2 Å². The van der Waals surface area contributed by atoms with E-state index in [2.05, 4.69) is 24.4 Å². The van der Waals surface area contributed by atoms with Crippen molar-refractivity contribution >= 4 is 16.8 Å². The van der Waals surface area contributed by atoms with Crippen LogP contribution in [0.3, 0.4) is 0 Å². The number of amides is 1.